The molecule has 0 aliphatic carbocycles. The highest BCUT2D eigenvalue weighted by Gasteiger charge is 2.24. The number of nitrogens with one attached hydrogen (secondary N) is 1. The maximum absolute atomic E-state index is 12.3. The number of esters is 2. The zero-order valence-electron chi connectivity index (χ0n) is 16.8. The summed E-state index contributed by atoms with van der Waals surface area (Å²) in [6, 6.07) is 0. The lowest BCUT2D eigenvalue weighted by Gasteiger charge is -2.13. The molecule has 1 saturated heterocycles. The molecular weight excluding hydrogens is 416 g/mol. The van der Waals surface area contributed by atoms with Gasteiger partial charge < -0.3 is 19.7 Å². The Morgan fingerprint density at radius 2 is 2.03 bits per heavy atom. The molecule has 1 fully saturated rings. The number of carbonyl (C=O) groups excluding carboxylic acids is 4. The first-order chi connectivity index (χ1) is 13.8. The van der Waals surface area contributed by atoms with Gasteiger partial charge in [0.05, 0.1) is 18.6 Å². The van der Waals surface area contributed by atoms with Crippen LogP contribution in [0.3, 0.4) is 0 Å². The van der Waals surface area contributed by atoms with E-state index in [0.29, 0.717) is 29.4 Å². The van der Waals surface area contributed by atoms with Crippen LogP contribution in [0.25, 0.3) is 0 Å². The van der Waals surface area contributed by atoms with Gasteiger partial charge >= 0.3 is 11.9 Å². The van der Waals surface area contributed by atoms with Crippen molar-refractivity contribution >= 4 is 51.2 Å². The van der Waals surface area contributed by atoms with Crippen LogP contribution >= 0.6 is 23.1 Å². The number of amides is 2. The van der Waals surface area contributed by atoms with Crippen LogP contribution in [-0.2, 0) is 25.5 Å². The number of thioether (sulfide) groups is 1. The molecular formula is C19H26N2O6S2. The molecule has 0 unspecified atom stereocenters. The summed E-state index contributed by atoms with van der Waals surface area (Å²) in [6.45, 7) is 6.48. The van der Waals surface area contributed by atoms with E-state index in [1.807, 2.05) is 19.2 Å². The number of hydrogen-bond acceptors (Lipinski definition) is 8. The van der Waals surface area contributed by atoms with Crippen molar-refractivity contribution in [1.29, 1.82) is 0 Å². The van der Waals surface area contributed by atoms with Gasteiger partial charge in [-0.2, -0.15) is 0 Å². The monoisotopic (exact) mass is 442 g/mol. The number of carbonyl (C=O) groups is 4. The van der Waals surface area contributed by atoms with Gasteiger partial charge in [-0.05, 0) is 30.2 Å². The summed E-state index contributed by atoms with van der Waals surface area (Å²) < 4.78 is 10.1. The molecule has 2 heterocycles. The molecule has 0 spiro atoms. The third-order valence-electron chi connectivity index (χ3n) is 4.02. The summed E-state index contributed by atoms with van der Waals surface area (Å²) >= 11 is 2.47. The van der Waals surface area contributed by atoms with Crippen LogP contribution in [-0.4, -0.2) is 60.0 Å². The Morgan fingerprint density at radius 1 is 1.28 bits per heavy atom. The minimum atomic E-state index is -0.554. The van der Waals surface area contributed by atoms with E-state index in [9.17, 15) is 19.2 Å². The van der Waals surface area contributed by atoms with Crippen LogP contribution < -0.4 is 5.32 Å². The van der Waals surface area contributed by atoms with Crippen molar-refractivity contribution in [1.82, 2.24) is 4.90 Å². The van der Waals surface area contributed by atoms with E-state index in [-0.39, 0.29) is 24.8 Å². The molecule has 2 amide bonds. The molecule has 0 bridgehead atoms. The minimum Gasteiger partial charge on any atom is -0.462 e. The van der Waals surface area contributed by atoms with Gasteiger partial charge in [-0.15, -0.1) is 11.3 Å². The first kappa shape index (κ1) is 23.2. The number of thiophene rings is 1. The van der Waals surface area contributed by atoms with Gasteiger partial charge in [-0.3, -0.25) is 14.4 Å². The van der Waals surface area contributed by atoms with Crippen LogP contribution in [0.15, 0.2) is 5.38 Å². The summed E-state index contributed by atoms with van der Waals surface area (Å²) in [4.78, 5) is 49.4. The van der Waals surface area contributed by atoms with E-state index in [4.69, 9.17) is 9.47 Å². The van der Waals surface area contributed by atoms with Gasteiger partial charge in [0.15, 0.2) is 6.61 Å². The van der Waals surface area contributed by atoms with Crippen LogP contribution in [0.2, 0.25) is 0 Å². The Bertz CT molecular complexity index is 762. The lowest BCUT2D eigenvalue weighted by atomic mass is 10.0. The summed E-state index contributed by atoms with van der Waals surface area (Å²) in [5.74, 6) is -0.511. The second-order valence-corrected chi connectivity index (χ2v) is 8.77. The fraction of sp³-hybridized carbons (Fsp3) is 0.579. The molecule has 1 aromatic heterocycles. The zero-order chi connectivity index (χ0) is 21.4. The number of rotatable bonds is 10. The summed E-state index contributed by atoms with van der Waals surface area (Å²) in [5, 5.41) is 4.81. The van der Waals surface area contributed by atoms with Crippen molar-refractivity contribution < 1.29 is 28.7 Å². The number of anilines is 1. The minimum absolute atomic E-state index is 0.0329. The van der Waals surface area contributed by atoms with Gasteiger partial charge in [0.1, 0.15) is 5.00 Å². The van der Waals surface area contributed by atoms with Gasteiger partial charge in [0, 0.05) is 18.8 Å². The Labute approximate surface area is 178 Å². The molecule has 2 rings (SSSR count). The second-order valence-electron chi connectivity index (χ2n) is 6.84. The maximum atomic E-state index is 12.3. The van der Waals surface area contributed by atoms with Crippen molar-refractivity contribution in [2.75, 3.05) is 37.4 Å². The molecule has 0 saturated carbocycles. The first-order valence-electron chi connectivity index (χ1n) is 9.46. The standard InChI is InChI=1S/C19H26N2O6S2/c1-4-26-18(24)16-13(9-12(2)3)11-29-17(16)20-14(22)10-27-15(23)5-6-21-7-8-28-19(21)25/h11-12H,4-10H2,1-3H3,(H,20,22). The Morgan fingerprint density at radius 3 is 2.66 bits per heavy atom. The lowest BCUT2D eigenvalue weighted by molar-refractivity contribution is -0.147. The van der Waals surface area contributed by atoms with E-state index in [1.54, 1.807) is 11.8 Å². The molecule has 1 aliphatic rings. The van der Waals surface area contributed by atoms with Gasteiger partial charge in [0.2, 0.25) is 0 Å². The van der Waals surface area contributed by atoms with Crippen molar-refractivity contribution in [3.63, 3.8) is 0 Å². The molecule has 29 heavy (non-hydrogen) atoms. The fourth-order valence-electron chi connectivity index (χ4n) is 2.74. The van der Waals surface area contributed by atoms with Crippen molar-refractivity contribution in [3.05, 3.63) is 16.5 Å². The smallest absolute Gasteiger partial charge is 0.341 e. The van der Waals surface area contributed by atoms with Gasteiger partial charge in [-0.25, -0.2) is 4.79 Å². The number of hydrogen-bond donors (Lipinski definition) is 1. The molecule has 8 nitrogen and oxygen atoms in total. The largest absolute Gasteiger partial charge is 0.462 e. The van der Waals surface area contributed by atoms with E-state index < -0.39 is 24.5 Å². The molecule has 160 valence electrons. The molecule has 0 aromatic carbocycles. The number of nitrogens with zero attached hydrogens (tertiary/aromatic N) is 1. The molecule has 1 aliphatic heterocycles. The summed E-state index contributed by atoms with van der Waals surface area (Å²) in [6.07, 6.45) is 0.716. The van der Waals surface area contributed by atoms with E-state index in [0.717, 1.165) is 11.3 Å². The predicted molar refractivity (Wildman–Crippen MR) is 112 cm³/mol. The quantitative estimate of drug-likeness (QED) is 0.555. The average molecular weight is 443 g/mol. The van der Waals surface area contributed by atoms with E-state index >= 15 is 0 Å². The number of ether oxygens (including phenoxy) is 2. The van der Waals surface area contributed by atoms with Crippen LogP contribution in [0.4, 0.5) is 9.80 Å². The highest BCUT2D eigenvalue weighted by atomic mass is 32.2. The first-order valence-corrected chi connectivity index (χ1v) is 11.3. The van der Waals surface area contributed by atoms with Crippen molar-refractivity contribution in [3.8, 4) is 0 Å². The fourth-order valence-corrected chi connectivity index (χ4v) is 4.57. The van der Waals surface area contributed by atoms with E-state index in [1.165, 1.54) is 23.1 Å². The van der Waals surface area contributed by atoms with Crippen molar-refractivity contribution in [2.45, 2.75) is 33.6 Å². The summed E-state index contributed by atoms with van der Waals surface area (Å²) in [7, 11) is 0. The molecule has 0 atom stereocenters. The van der Waals surface area contributed by atoms with Crippen molar-refractivity contribution in [2.24, 2.45) is 5.92 Å². The Kier molecular flexibility index (Phi) is 8.97. The third-order valence-corrected chi connectivity index (χ3v) is 5.86. The summed E-state index contributed by atoms with van der Waals surface area (Å²) in [5.41, 5.74) is 1.18. The van der Waals surface area contributed by atoms with Crippen LogP contribution in [0.1, 0.15) is 43.1 Å². The average Bonchev–Trinajstić information content (AvgIpc) is 3.24. The Balaban J connectivity index is 1.89. The zero-order valence-corrected chi connectivity index (χ0v) is 18.5. The lowest BCUT2D eigenvalue weighted by Crippen LogP contribution is -2.28. The highest BCUT2D eigenvalue weighted by molar-refractivity contribution is 8.13. The second kappa shape index (κ2) is 11.2. The predicted octanol–water partition coefficient (Wildman–Crippen LogP) is 3.16. The maximum Gasteiger partial charge on any atom is 0.341 e. The molecule has 1 N–H and O–H groups in total. The van der Waals surface area contributed by atoms with Gasteiger partial charge in [0.25, 0.3) is 11.1 Å². The molecule has 10 heteroatoms. The van der Waals surface area contributed by atoms with Crippen LogP contribution in [0.5, 0.6) is 0 Å². The SMILES string of the molecule is CCOC(=O)c1c(CC(C)C)csc1NC(=O)COC(=O)CCN1CCSC1=O. The normalized spacial score (nSPS) is 13.7. The topological polar surface area (TPSA) is 102 Å². The third kappa shape index (κ3) is 7.04. The Hall–Kier alpha value is -2.07. The molecule has 1 aromatic rings. The molecule has 0 radical (unpaired) electrons. The van der Waals surface area contributed by atoms with E-state index in [2.05, 4.69) is 5.32 Å². The van der Waals surface area contributed by atoms with Gasteiger partial charge in [-0.1, -0.05) is 25.6 Å². The highest BCUT2D eigenvalue weighted by Crippen LogP contribution is 2.31. The van der Waals surface area contributed by atoms with Crippen LogP contribution in [0, 0.1) is 5.92 Å².